The summed E-state index contributed by atoms with van der Waals surface area (Å²) < 4.78 is 19.3. The highest BCUT2D eigenvalue weighted by Gasteiger charge is 2.35. The number of hydrogen-bond acceptors (Lipinski definition) is 5. The molecule has 1 atom stereocenters. The Morgan fingerprint density at radius 3 is 3.04 bits per heavy atom. The zero-order valence-corrected chi connectivity index (χ0v) is 13.7. The summed E-state index contributed by atoms with van der Waals surface area (Å²) in [6.45, 7) is 4.13. The number of aromatic nitrogens is 1. The van der Waals surface area contributed by atoms with Gasteiger partial charge in [-0.1, -0.05) is 6.07 Å². The van der Waals surface area contributed by atoms with Gasteiger partial charge in [-0.05, 0) is 19.9 Å². The summed E-state index contributed by atoms with van der Waals surface area (Å²) in [6, 6.07) is 4.11. The van der Waals surface area contributed by atoms with E-state index in [9.17, 15) is 9.18 Å². The van der Waals surface area contributed by atoms with Crippen molar-refractivity contribution < 1.29 is 13.9 Å². The van der Waals surface area contributed by atoms with Gasteiger partial charge in [0.25, 0.3) is 5.91 Å². The predicted molar refractivity (Wildman–Crippen MR) is 85.9 cm³/mol. The second-order valence-corrected chi connectivity index (χ2v) is 7.05. The standard InChI is InChI=1S/C16H18FN3O2S/c1-16(2)6-11(10-4-3-9(17)5-13(10)22-16)20-15(21)12-8-23-14(7-18)19-12/h3-5,8,11H,6-7,18H2,1-2H3,(H,20,21)/t11-/m0/s1. The minimum atomic E-state index is -0.497. The van der Waals surface area contributed by atoms with Crippen LogP contribution in [0.5, 0.6) is 5.75 Å². The van der Waals surface area contributed by atoms with E-state index in [1.54, 1.807) is 11.4 Å². The lowest BCUT2D eigenvalue weighted by molar-refractivity contribution is 0.0615. The van der Waals surface area contributed by atoms with Gasteiger partial charge in [0.05, 0.1) is 6.04 Å². The van der Waals surface area contributed by atoms with Gasteiger partial charge < -0.3 is 15.8 Å². The van der Waals surface area contributed by atoms with E-state index in [-0.39, 0.29) is 17.8 Å². The Balaban J connectivity index is 1.86. The monoisotopic (exact) mass is 335 g/mol. The van der Waals surface area contributed by atoms with Crippen LogP contribution in [-0.2, 0) is 6.54 Å². The maximum atomic E-state index is 13.5. The molecule has 1 amide bonds. The normalized spacial score (nSPS) is 18.9. The Morgan fingerprint density at radius 2 is 2.35 bits per heavy atom. The van der Waals surface area contributed by atoms with Crippen molar-refractivity contribution in [3.05, 3.63) is 45.7 Å². The summed E-state index contributed by atoms with van der Waals surface area (Å²) in [5.41, 5.74) is 6.15. The van der Waals surface area contributed by atoms with Crippen LogP contribution in [0.1, 0.15) is 47.4 Å². The molecule has 1 aliphatic rings. The molecule has 1 aromatic carbocycles. The van der Waals surface area contributed by atoms with Crippen molar-refractivity contribution in [2.75, 3.05) is 0 Å². The fourth-order valence-electron chi connectivity index (χ4n) is 2.70. The molecule has 5 nitrogen and oxygen atoms in total. The number of benzene rings is 1. The summed E-state index contributed by atoms with van der Waals surface area (Å²) in [5, 5.41) is 5.37. The van der Waals surface area contributed by atoms with Gasteiger partial charge in [-0.3, -0.25) is 4.79 Å². The van der Waals surface area contributed by atoms with E-state index in [1.807, 2.05) is 13.8 Å². The Morgan fingerprint density at radius 1 is 1.57 bits per heavy atom. The lowest BCUT2D eigenvalue weighted by Crippen LogP contribution is -2.41. The number of nitrogens with zero attached hydrogens (tertiary/aromatic N) is 1. The molecule has 0 fully saturated rings. The molecule has 7 heteroatoms. The van der Waals surface area contributed by atoms with Crippen LogP contribution in [0.2, 0.25) is 0 Å². The average Bonchev–Trinajstić information content (AvgIpc) is 2.94. The van der Waals surface area contributed by atoms with Crippen LogP contribution in [0.3, 0.4) is 0 Å². The van der Waals surface area contributed by atoms with Crippen LogP contribution in [0.15, 0.2) is 23.6 Å². The van der Waals surface area contributed by atoms with Crippen LogP contribution in [0, 0.1) is 5.82 Å². The van der Waals surface area contributed by atoms with Crippen molar-refractivity contribution in [2.45, 2.75) is 38.5 Å². The first-order valence-corrected chi connectivity index (χ1v) is 8.20. The topological polar surface area (TPSA) is 77.2 Å². The number of nitrogens with one attached hydrogen (secondary N) is 1. The summed E-state index contributed by atoms with van der Waals surface area (Å²) in [4.78, 5) is 16.6. The van der Waals surface area contributed by atoms with Crippen LogP contribution < -0.4 is 15.8 Å². The van der Waals surface area contributed by atoms with Crippen molar-refractivity contribution >= 4 is 17.2 Å². The number of hydrogen-bond donors (Lipinski definition) is 2. The van der Waals surface area contributed by atoms with Gasteiger partial charge in [0, 0.05) is 30.0 Å². The molecule has 3 N–H and O–H groups in total. The highest BCUT2D eigenvalue weighted by atomic mass is 32.1. The first kappa shape index (κ1) is 15.9. The first-order chi connectivity index (χ1) is 10.9. The molecule has 0 aliphatic carbocycles. The third kappa shape index (κ3) is 3.35. The largest absolute Gasteiger partial charge is 0.487 e. The number of nitrogens with two attached hydrogens (primary N) is 1. The lowest BCUT2D eigenvalue weighted by atomic mass is 9.89. The number of amides is 1. The number of thiazole rings is 1. The van der Waals surface area contributed by atoms with E-state index < -0.39 is 5.60 Å². The zero-order valence-electron chi connectivity index (χ0n) is 12.9. The SMILES string of the molecule is CC1(C)C[C@H](NC(=O)c2csc(CN)n2)c2ccc(F)cc2O1. The molecule has 1 aliphatic heterocycles. The van der Waals surface area contributed by atoms with Crippen LogP contribution in [0.4, 0.5) is 4.39 Å². The van der Waals surface area contributed by atoms with Gasteiger partial charge in [0.2, 0.25) is 0 Å². The molecule has 3 rings (SSSR count). The number of fused-ring (bicyclic) bond motifs is 1. The van der Waals surface area contributed by atoms with E-state index in [1.165, 1.54) is 23.5 Å². The molecule has 122 valence electrons. The molecular weight excluding hydrogens is 317 g/mol. The maximum Gasteiger partial charge on any atom is 0.271 e. The Kier molecular flexibility index (Phi) is 4.08. The van der Waals surface area contributed by atoms with Gasteiger partial charge >= 0.3 is 0 Å². The number of halogens is 1. The quantitative estimate of drug-likeness (QED) is 0.904. The van der Waals surface area contributed by atoms with E-state index in [2.05, 4.69) is 10.3 Å². The molecule has 0 saturated carbocycles. The van der Waals surface area contributed by atoms with E-state index >= 15 is 0 Å². The van der Waals surface area contributed by atoms with Gasteiger partial charge in [-0.15, -0.1) is 11.3 Å². The van der Waals surface area contributed by atoms with Gasteiger partial charge in [0.1, 0.15) is 27.9 Å². The number of ether oxygens (including phenoxy) is 1. The highest BCUT2D eigenvalue weighted by molar-refractivity contribution is 7.09. The molecule has 1 aromatic heterocycles. The minimum absolute atomic E-state index is 0.259. The summed E-state index contributed by atoms with van der Waals surface area (Å²) in [5.74, 6) is -0.162. The van der Waals surface area contributed by atoms with Crippen molar-refractivity contribution in [1.29, 1.82) is 0 Å². The van der Waals surface area contributed by atoms with Crippen LogP contribution in [0.25, 0.3) is 0 Å². The number of carbonyl (C=O) groups is 1. The van der Waals surface area contributed by atoms with Crippen LogP contribution >= 0.6 is 11.3 Å². The summed E-state index contributed by atoms with van der Waals surface area (Å²) in [6.07, 6.45) is 0.589. The highest BCUT2D eigenvalue weighted by Crippen LogP contribution is 2.39. The lowest BCUT2D eigenvalue weighted by Gasteiger charge is -2.37. The third-order valence-corrected chi connectivity index (χ3v) is 4.57. The van der Waals surface area contributed by atoms with Crippen molar-refractivity contribution in [2.24, 2.45) is 5.73 Å². The molecule has 0 spiro atoms. The van der Waals surface area contributed by atoms with E-state index in [0.29, 0.717) is 29.4 Å². The smallest absolute Gasteiger partial charge is 0.271 e. The van der Waals surface area contributed by atoms with E-state index in [0.717, 1.165) is 5.56 Å². The second kappa shape index (κ2) is 5.90. The van der Waals surface area contributed by atoms with Crippen LogP contribution in [-0.4, -0.2) is 16.5 Å². The fraction of sp³-hybridized carbons (Fsp3) is 0.375. The molecule has 2 heterocycles. The van der Waals surface area contributed by atoms with Gasteiger partial charge in [0.15, 0.2) is 0 Å². The van der Waals surface area contributed by atoms with Crippen molar-refractivity contribution in [1.82, 2.24) is 10.3 Å². The molecule has 23 heavy (non-hydrogen) atoms. The molecule has 0 saturated heterocycles. The molecule has 2 aromatic rings. The van der Waals surface area contributed by atoms with Gasteiger partial charge in [-0.25, -0.2) is 9.37 Å². The van der Waals surface area contributed by atoms with Crippen molar-refractivity contribution in [3.63, 3.8) is 0 Å². The maximum absolute atomic E-state index is 13.5. The molecular formula is C16H18FN3O2S. The first-order valence-electron chi connectivity index (χ1n) is 7.32. The third-order valence-electron chi connectivity index (χ3n) is 3.70. The van der Waals surface area contributed by atoms with E-state index in [4.69, 9.17) is 10.5 Å². The second-order valence-electron chi connectivity index (χ2n) is 6.10. The zero-order chi connectivity index (χ0) is 16.6. The number of carbonyl (C=O) groups excluding carboxylic acids is 1. The van der Waals surface area contributed by atoms with Crippen molar-refractivity contribution in [3.8, 4) is 5.75 Å². The summed E-state index contributed by atoms with van der Waals surface area (Å²) in [7, 11) is 0. The Labute approximate surface area is 137 Å². The Bertz CT molecular complexity index is 745. The Hall–Kier alpha value is -1.99. The minimum Gasteiger partial charge on any atom is -0.487 e. The molecule has 0 unspecified atom stereocenters. The van der Waals surface area contributed by atoms with Gasteiger partial charge in [-0.2, -0.15) is 0 Å². The molecule has 0 bridgehead atoms. The average molecular weight is 335 g/mol. The fourth-order valence-corrected chi connectivity index (χ4v) is 3.35. The number of rotatable bonds is 3. The summed E-state index contributed by atoms with van der Waals surface area (Å²) >= 11 is 1.36. The predicted octanol–water partition coefficient (Wildman–Crippen LogP) is 2.77. The molecule has 0 radical (unpaired) electrons.